The van der Waals surface area contributed by atoms with E-state index in [0.29, 0.717) is 16.9 Å². The van der Waals surface area contributed by atoms with Gasteiger partial charge in [-0.3, -0.25) is 9.78 Å². The fourth-order valence-corrected chi connectivity index (χ4v) is 3.18. The second-order valence-electron chi connectivity index (χ2n) is 6.19. The van der Waals surface area contributed by atoms with Crippen molar-refractivity contribution in [2.45, 2.75) is 31.3 Å². The molecule has 2 aromatic heterocycles. The van der Waals surface area contributed by atoms with E-state index in [0.717, 1.165) is 17.7 Å². The van der Waals surface area contributed by atoms with Crippen LogP contribution in [-0.2, 0) is 4.79 Å². The van der Waals surface area contributed by atoms with Crippen molar-refractivity contribution in [1.29, 1.82) is 0 Å². The SMILES string of the molecule is CC[C@@H](C)c1ccc(NC(=O)CSc2nnc(-c3cccnc3)n2N)cc1. The molecule has 3 N–H and O–H groups in total. The molecule has 2 heterocycles. The van der Waals surface area contributed by atoms with Crippen LogP contribution in [0.3, 0.4) is 0 Å². The van der Waals surface area contributed by atoms with E-state index >= 15 is 0 Å². The van der Waals surface area contributed by atoms with Gasteiger partial charge in [0.05, 0.1) is 5.75 Å². The molecule has 0 bridgehead atoms. The molecule has 3 rings (SSSR count). The number of hydrogen-bond donors (Lipinski definition) is 2. The third-order valence-electron chi connectivity index (χ3n) is 4.29. The van der Waals surface area contributed by atoms with Crippen LogP contribution in [0.15, 0.2) is 53.9 Å². The minimum atomic E-state index is -0.123. The number of thioether (sulfide) groups is 1. The highest BCUT2D eigenvalue weighted by atomic mass is 32.2. The highest BCUT2D eigenvalue weighted by Gasteiger charge is 2.14. The first-order valence-corrected chi connectivity index (χ1v) is 9.70. The summed E-state index contributed by atoms with van der Waals surface area (Å²) < 4.78 is 1.37. The van der Waals surface area contributed by atoms with Gasteiger partial charge in [-0.2, -0.15) is 0 Å². The fraction of sp³-hybridized carbons (Fsp3) is 0.263. The van der Waals surface area contributed by atoms with Gasteiger partial charge in [0.15, 0.2) is 5.82 Å². The van der Waals surface area contributed by atoms with Crippen molar-refractivity contribution >= 4 is 23.4 Å². The van der Waals surface area contributed by atoms with E-state index in [1.54, 1.807) is 18.5 Å². The third-order valence-corrected chi connectivity index (χ3v) is 5.24. The van der Waals surface area contributed by atoms with Crippen molar-refractivity contribution in [1.82, 2.24) is 19.9 Å². The Morgan fingerprint density at radius 3 is 2.70 bits per heavy atom. The molecule has 8 heteroatoms. The van der Waals surface area contributed by atoms with Crippen LogP contribution in [0.25, 0.3) is 11.4 Å². The quantitative estimate of drug-likeness (QED) is 0.480. The summed E-state index contributed by atoms with van der Waals surface area (Å²) in [6.45, 7) is 4.35. The smallest absolute Gasteiger partial charge is 0.234 e. The molecule has 27 heavy (non-hydrogen) atoms. The Bertz CT molecular complexity index is 894. The monoisotopic (exact) mass is 382 g/mol. The van der Waals surface area contributed by atoms with Gasteiger partial charge in [-0.25, -0.2) is 4.68 Å². The molecule has 140 valence electrons. The summed E-state index contributed by atoms with van der Waals surface area (Å²) >= 11 is 1.23. The van der Waals surface area contributed by atoms with Gasteiger partial charge in [-0.15, -0.1) is 10.2 Å². The number of carbonyl (C=O) groups excluding carboxylic acids is 1. The number of nitrogens with one attached hydrogen (secondary N) is 1. The minimum absolute atomic E-state index is 0.123. The predicted octanol–water partition coefficient (Wildman–Crippen LogP) is 3.30. The maximum atomic E-state index is 12.2. The Hall–Kier alpha value is -2.87. The van der Waals surface area contributed by atoms with Crippen LogP contribution < -0.4 is 11.2 Å². The lowest BCUT2D eigenvalue weighted by Crippen LogP contribution is -2.16. The lowest BCUT2D eigenvalue weighted by Gasteiger charge is -2.10. The number of carbonyl (C=O) groups is 1. The van der Waals surface area contributed by atoms with Gasteiger partial charge in [-0.1, -0.05) is 37.7 Å². The first-order valence-electron chi connectivity index (χ1n) is 8.72. The average Bonchev–Trinajstić information content (AvgIpc) is 3.07. The Morgan fingerprint density at radius 2 is 2.04 bits per heavy atom. The van der Waals surface area contributed by atoms with Gasteiger partial charge in [0.1, 0.15) is 0 Å². The molecule has 0 saturated carbocycles. The van der Waals surface area contributed by atoms with Crippen LogP contribution in [0.5, 0.6) is 0 Å². The van der Waals surface area contributed by atoms with Crippen molar-refractivity contribution in [3.05, 3.63) is 54.4 Å². The van der Waals surface area contributed by atoms with Crippen LogP contribution in [0, 0.1) is 0 Å². The van der Waals surface area contributed by atoms with Gasteiger partial charge in [0.2, 0.25) is 11.1 Å². The molecule has 1 aromatic carbocycles. The van der Waals surface area contributed by atoms with E-state index in [-0.39, 0.29) is 11.7 Å². The van der Waals surface area contributed by atoms with Gasteiger partial charge in [0.25, 0.3) is 0 Å². The summed E-state index contributed by atoms with van der Waals surface area (Å²) in [5.74, 6) is 7.13. The Balaban J connectivity index is 1.57. The van der Waals surface area contributed by atoms with E-state index in [1.165, 1.54) is 22.0 Å². The maximum absolute atomic E-state index is 12.2. The molecule has 3 aromatic rings. The van der Waals surface area contributed by atoms with Crippen LogP contribution in [-0.4, -0.2) is 31.5 Å². The molecular formula is C19H22N6OS. The second-order valence-corrected chi connectivity index (χ2v) is 7.13. The second kappa shape index (κ2) is 8.68. The average molecular weight is 382 g/mol. The first-order chi connectivity index (χ1) is 13.1. The first kappa shape index (κ1) is 18.9. The van der Waals surface area contributed by atoms with Crippen LogP contribution >= 0.6 is 11.8 Å². The lowest BCUT2D eigenvalue weighted by molar-refractivity contribution is -0.113. The number of hydrogen-bond acceptors (Lipinski definition) is 6. The van der Waals surface area contributed by atoms with Crippen molar-refractivity contribution in [2.24, 2.45) is 0 Å². The number of nitrogen functional groups attached to an aromatic ring is 1. The molecule has 1 atom stereocenters. The highest BCUT2D eigenvalue weighted by molar-refractivity contribution is 7.99. The summed E-state index contributed by atoms with van der Waals surface area (Å²) in [7, 11) is 0. The molecule has 0 saturated heterocycles. The number of anilines is 1. The Labute approximate surface area is 162 Å². The number of pyridine rings is 1. The number of rotatable bonds is 7. The lowest BCUT2D eigenvalue weighted by atomic mass is 9.99. The standard InChI is InChI=1S/C19H22N6OS/c1-3-13(2)14-6-8-16(9-7-14)22-17(26)12-27-19-24-23-18(25(19)20)15-5-4-10-21-11-15/h4-11,13H,3,12,20H2,1-2H3,(H,22,26)/t13-/m1/s1. The topological polar surface area (TPSA) is 98.7 Å². The summed E-state index contributed by atoms with van der Waals surface area (Å²) in [4.78, 5) is 16.3. The molecule has 0 radical (unpaired) electrons. The van der Waals surface area contributed by atoms with E-state index in [1.807, 2.05) is 30.3 Å². The number of nitrogens with zero attached hydrogens (tertiary/aromatic N) is 4. The van der Waals surface area contributed by atoms with E-state index in [4.69, 9.17) is 5.84 Å². The van der Waals surface area contributed by atoms with E-state index < -0.39 is 0 Å². The Kier molecular flexibility index (Phi) is 6.08. The third kappa shape index (κ3) is 4.65. The number of benzene rings is 1. The number of amides is 1. The van der Waals surface area contributed by atoms with Crippen LogP contribution in [0.4, 0.5) is 5.69 Å². The van der Waals surface area contributed by atoms with Crippen LogP contribution in [0.1, 0.15) is 31.7 Å². The molecule has 0 aliphatic rings. The zero-order valence-electron chi connectivity index (χ0n) is 15.3. The van der Waals surface area contributed by atoms with Crippen molar-refractivity contribution in [3.8, 4) is 11.4 Å². The highest BCUT2D eigenvalue weighted by Crippen LogP contribution is 2.22. The Morgan fingerprint density at radius 1 is 1.26 bits per heavy atom. The van der Waals surface area contributed by atoms with Crippen molar-refractivity contribution in [2.75, 3.05) is 16.9 Å². The summed E-state index contributed by atoms with van der Waals surface area (Å²) in [6.07, 6.45) is 4.43. The molecule has 0 fully saturated rings. The molecular weight excluding hydrogens is 360 g/mol. The number of nitrogens with two attached hydrogens (primary N) is 1. The van der Waals surface area contributed by atoms with Gasteiger partial charge < -0.3 is 11.2 Å². The molecule has 1 amide bonds. The zero-order valence-corrected chi connectivity index (χ0v) is 16.1. The van der Waals surface area contributed by atoms with Crippen molar-refractivity contribution < 1.29 is 4.79 Å². The molecule has 0 aliphatic carbocycles. The van der Waals surface area contributed by atoms with Gasteiger partial charge >= 0.3 is 0 Å². The molecule has 0 aliphatic heterocycles. The van der Waals surface area contributed by atoms with Crippen molar-refractivity contribution in [3.63, 3.8) is 0 Å². The van der Waals surface area contributed by atoms with E-state index in [9.17, 15) is 4.79 Å². The number of aromatic nitrogens is 4. The zero-order chi connectivity index (χ0) is 19.2. The maximum Gasteiger partial charge on any atom is 0.234 e. The molecule has 7 nitrogen and oxygen atoms in total. The molecule has 0 spiro atoms. The molecule has 0 unspecified atom stereocenters. The fourth-order valence-electron chi connectivity index (χ4n) is 2.53. The summed E-state index contributed by atoms with van der Waals surface area (Å²) in [5, 5.41) is 11.5. The van der Waals surface area contributed by atoms with Gasteiger partial charge in [0, 0.05) is 23.6 Å². The normalized spacial score (nSPS) is 11.9. The van der Waals surface area contributed by atoms with Gasteiger partial charge in [-0.05, 0) is 42.2 Å². The summed E-state index contributed by atoms with van der Waals surface area (Å²) in [5.41, 5.74) is 2.81. The predicted molar refractivity (Wildman–Crippen MR) is 108 cm³/mol. The summed E-state index contributed by atoms with van der Waals surface area (Å²) in [6, 6.07) is 11.6. The van der Waals surface area contributed by atoms with Crippen LogP contribution in [0.2, 0.25) is 0 Å². The minimum Gasteiger partial charge on any atom is -0.335 e. The largest absolute Gasteiger partial charge is 0.335 e. The van der Waals surface area contributed by atoms with E-state index in [2.05, 4.69) is 34.3 Å².